The largest absolute Gasteiger partial charge is 0.472 e. The quantitative estimate of drug-likeness (QED) is 0.754. The Labute approximate surface area is 84.3 Å². The zero-order valence-corrected chi connectivity index (χ0v) is 8.53. The van der Waals surface area contributed by atoms with Crippen molar-refractivity contribution in [3.63, 3.8) is 0 Å². The third-order valence-electron chi connectivity index (χ3n) is 2.24. The van der Waals surface area contributed by atoms with Crippen LogP contribution in [0.25, 0.3) is 0 Å². The van der Waals surface area contributed by atoms with Crippen LogP contribution in [0.4, 0.5) is 0 Å². The van der Waals surface area contributed by atoms with Crippen molar-refractivity contribution in [2.45, 2.75) is 38.6 Å². The molecule has 0 bridgehead atoms. The van der Waals surface area contributed by atoms with Crippen LogP contribution >= 0.6 is 0 Å². The van der Waals surface area contributed by atoms with Gasteiger partial charge in [0.1, 0.15) is 0 Å². The van der Waals surface area contributed by atoms with E-state index in [2.05, 4.69) is 6.92 Å². The van der Waals surface area contributed by atoms with E-state index in [0.717, 1.165) is 24.8 Å². The molecule has 0 fully saturated rings. The maximum Gasteiger partial charge on any atom is 0.153 e. The third-order valence-corrected chi connectivity index (χ3v) is 2.24. The lowest BCUT2D eigenvalue weighted by Gasteiger charge is -2.08. The standard InChI is InChI=1S/C11H17NO2/c1-2-3-4-10(12)11(13)7-9-5-6-14-8-9/h5-6,8,10H,2-4,7,12H2,1H3. The van der Waals surface area contributed by atoms with Gasteiger partial charge in [-0.05, 0) is 18.1 Å². The van der Waals surface area contributed by atoms with Crippen molar-refractivity contribution in [2.24, 2.45) is 5.73 Å². The van der Waals surface area contributed by atoms with Gasteiger partial charge in [0.05, 0.1) is 18.6 Å². The first-order valence-electron chi connectivity index (χ1n) is 5.03. The summed E-state index contributed by atoms with van der Waals surface area (Å²) in [7, 11) is 0. The fourth-order valence-corrected chi connectivity index (χ4v) is 1.31. The molecule has 0 saturated carbocycles. The van der Waals surface area contributed by atoms with Gasteiger partial charge in [0.25, 0.3) is 0 Å². The molecule has 0 aliphatic heterocycles. The first-order chi connectivity index (χ1) is 6.74. The van der Waals surface area contributed by atoms with Gasteiger partial charge in [0.2, 0.25) is 0 Å². The molecule has 78 valence electrons. The summed E-state index contributed by atoms with van der Waals surface area (Å²) < 4.78 is 4.88. The van der Waals surface area contributed by atoms with E-state index in [0.29, 0.717) is 6.42 Å². The predicted molar refractivity (Wildman–Crippen MR) is 54.9 cm³/mol. The first-order valence-corrected chi connectivity index (χ1v) is 5.03. The van der Waals surface area contributed by atoms with Gasteiger partial charge in [0.15, 0.2) is 5.78 Å². The summed E-state index contributed by atoms with van der Waals surface area (Å²) in [4.78, 5) is 11.5. The Balaban J connectivity index is 2.34. The second-order valence-electron chi connectivity index (χ2n) is 3.52. The smallest absolute Gasteiger partial charge is 0.153 e. The Morgan fingerprint density at radius 3 is 3.00 bits per heavy atom. The highest BCUT2D eigenvalue weighted by Crippen LogP contribution is 2.06. The number of rotatable bonds is 6. The van der Waals surface area contributed by atoms with Gasteiger partial charge in [-0.15, -0.1) is 0 Å². The SMILES string of the molecule is CCCCC(N)C(=O)Cc1ccoc1. The Kier molecular flexibility index (Phi) is 4.40. The summed E-state index contributed by atoms with van der Waals surface area (Å²) in [5.74, 6) is 0.0971. The molecule has 0 spiro atoms. The third kappa shape index (κ3) is 3.34. The molecule has 1 aromatic heterocycles. The lowest BCUT2D eigenvalue weighted by molar-refractivity contribution is -0.119. The topological polar surface area (TPSA) is 56.2 Å². The molecule has 1 aromatic rings. The van der Waals surface area contributed by atoms with E-state index in [1.54, 1.807) is 18.6 Å². The lowest BCUT2D eigenvalue weighted by atomic mass is 10.0. The van der Waals surface area contributed by atoms with Crippen LogP contribution in [0.2, 0.25) is 0 Å². The number of unbranched alkanes of at least 4 members (excludes halogenated alkanes) is 1. The summed E-state index contributed by atoms with van der Waals surface area (Å²) in [5.41, 5.74) is 6.64. The van der Waals surface area contributed by atoms with Crippen LogP contribution in [0.3, 0.4) is 0 Å². The summed E-state index contributed by atoms with van der Waals surface area (Å²) >= 11 is 0. The van der Waals surface area contributed by atoms with Crippen LogP contribution in [-0.2, 0) is 11.2 Å². The summed E-state index contributed by atoms with van der Waals surface area (Å²) in [6, 6.07) is 1.48. The van der Waals surface area contributed by atoms with Gasteiger partial charge in [-0.1, -0.05) is 19.8 Å². The van der Waals surface area contributed by atoms with Crippen LogP contribution < -0.4 is 5.73 Å². The number of furan rings is 1. The number of carbonyl (C=O) groups excluding carboxylic acids is 1. The summed E-state index contributed by atoms with van der Waals surface area (Å²) in [5, 5.41) is 0. The minimum absolute atomic E-state index is 0.0971. The zero-order chi connectivity index (χ0) is 10.4. The maximum atomic E-state index is 11.5. The van der Waals surface area contributed by atoms with Gasteiger partial charge >= 0.3 is 0 Å². The molecule has 2 N–H and O–H groups in total. The molecule has 0 saturated heterocycles. The average molecular weight is 195 g/mol. The molecule has 3 heteroatoms. The number of hydrogen-bond acceptors (Lipinski definition) is 3. The van der Waals surface area contributed by atoms with E-state index < -0.39 is 0 Å². The van der Waals surface area contributed by atoms with Crippen molar-refractivity contribution in [3.05, 3.63) is 24.2 Å². The normalized spacial score (nSPS) is 12.7. The molecule has 1 heterocycles. The minimum Gasteiger partial charge on any atom is -0.472 e. The lowest BCUT2D eigenvalue weighted by Crippen LogP contribution is -2.31. The van der Waals surface area contributed by atoms with E-state index in [9.17, 15) is 4.79 Å². The van der Waals surface area contributed by atoms with Crippen molar-refractivity contribution in [1.29, 1.82) is 0 Å². The Morgan fingerprint density at radius 1 is 1.64 bits per heavy atom. The van der Waals surface area contributed by atoms with Crippen LogP contribution in [0, 0.1) is 0 Å². The van der Waals surface area contributed by atoms with E-state index in [4.69, 9.17) is 10.2 Å². The second kappa shape index (κ2) is 5.60. The van der Waals surface area contributed by atoms with Gasteiger partial charge in [-0.3, -0.25) is 4.79 Å². The molecule has 0 amide bonds. The predicted octanol–water partition coefficient (Wildman–Crippen LogP) is 1.91. The molecule has 1 unspecified atom stereocenters. The number of carbonyl (C=O) groups is 1. The number of hydrogen-bond donors (Lipinski definition) is 1. The Hall–Kier alpha value is -1.09. The van der Waals surface area contributed by atoms with Gasteiger partial charge in [-0.25, -0.2) is 0 Å². The van der Waals surface area contributed by atoms with Crippen molar-refractivity contribution >= 4 is 5.78 Å². The highest BCUT2D eigenvalue weighted by atomic mass is 16.3. The van der Waals surface area contributed by atoms with E-state index in [-0.39, 0.29) is 11.8 Å². The highest BCUT2D eigenvalue weighted by molar-refractivity contribution is 5.85. The van der Waals surface area contributed by atoms with E-state index >= 15 is 0 Å². The summed E-state index contributed by atoms with van der Waals surface area (Å²) in [6.45, 7) is 2.09. The minimum atomic E-state index is -0.315. The summed E-state index contributed by atoms with van der Waals surface area (Å²) in [6.07, 6.45) is 6.42. The fraction of sp³-hybridized carbons (Fsp3) is 0.545. The number of ketones is 1. The van der Waals surface area contributed by atoms with E-state index in [1.165, 1.54) is 0 Å². The molecule has 14 heavy (non-hydrogen) atoms. The Morgan fingerprint density at radius 2 is 2.43 bits per heavy atom. The molecular weight excluding hydrogens is 178 g/mol. The maximum absolute atomic E-state index is 11.5. The molecule has 3 nitrogen and oxygen atoms in total. The second-order valence-corrected chi connectivity index (χ2v) is 3.52. The first kappa shape index (κ1) is 11.0. The molecule has 1 rings (SSSR count). The highest BCUT2D eigenvalue weighted by Gasteiger charge is 2.13. The fourth-order valence-electron chi connectivity index (χ4n) is 1.31. The van der Waals surface area contributed by atoms with Crippen LogP contribution in [0.1, 0.15) is 31.7 Å². The van der Waals surface area contributed by atoms with Crippen LogP contribution in [0.5, 0.6) is 0 Å². The van der Waals surface area contributed by atoms with Crippen LogP contribution in [0.15, 0.2) is 23.0 Å². The molecule has 1 atom stereocenters. The Bertz CT molecular complexity index is 267. The van der Waals surface area contributed by atoms with Gasteiger partial charge in [0, 0.05) is 6.42 Å². The molecule has 0 aromatic carbocycles. The molecule has 0 aliphatic rings. The van der Waals surface area contributed by atoms with Crippen molar-refractivity contribution in [2.75, 3.05) is 0 Å². The number of Topliss-reactive ketones (excluding diaryl/α,β-unsaturated/α-hetero) is 1. The van der Waals surface area contributed by atoms with Crippen LogP contribution in [-0.4, -0.2) is 11.8 Å². The number of nitrogens with two attached hydrogens (primary N) is 1. The zero-order valence-electron chi connectivity index (χ0n) is 8.53. The van der Waals surface area contributed by atoms with Gasteiger partial charge < -0.3 is 10.2 Å². The monoisotopic (exact) mass is 195 g/mol. The molecular formula is C11H17NO2. The average Bonchev–Trinajstić information content (AvgIpc) is 2.66. The molecule has 0 aliphatic carbocycles. The van der Waals surface area contributed by atoms with E-state index in [1.807, 2.05) is 0 Å². The van der Waals surface area contributed by atoms with Crippen molar-refractivity contribution < 1.29 is 9.21 Å². The molecule has 0 radical (unpaired) electrons. The van der Waals surface area contributed by atoms with Crippen molar-refractivity contribution in [1.82, 2.24) is 0 Å². The van der Waals surface area contributed by atoms with Crippen molar-refractivity contribution in [3.8, 4) is 0 Å². The van der Waals surface area contributed by atoms with Gasteiger partial charge in [-0.2, -0.15) is 0 Å².